The van der Waals surface area contributed by atoms with Gasteiger partial charge in [-0.05, 0) is 238 Å². The van der Waals surface area contributed by atoms with Crippen LogP contribution in [0.3, 0.4) is 0 Å². The fourth-order valence-corrected chi connectivity index (χ4v) is 19.7. The number of nitrogens with zero attached hydrogens (tertiary/aromatic N) is 17. The molecule has 24 nitrogen and oxygen atoms in total. The van der Waals surface area contributed by atoms with Crippen molar-refractivity contribution in [3.05, 3.63) is 269 Å². The summed E-state index contributed by atoms with van der Waals surface area (Å²) in [6.07, 6.45) is 3.90. The van der Waals surface area contributed by atoms with E-state index >= 15 is 13.2 Å². The first-order valence-electron chi connectivity index (χ1n) is 45.0. The molecule has 702 valence electrons. The maximum atomic E-state index is 16.0. The molecule has 3 aliphatic rings. The predicted octanol–water partition coefficient (Wildman–Crippen LogP) is 19.2. The van der Waals surface area contributed by atoms with Gasteiger partial charge in [-0.1, -0.05) is 147 Å². The molecule has 0 spiro atoms. The summed E-state index contributed by atoms with van der Waals surface area (Å²) in [5.41, 5.74) is 8.48. The summed E-state index contributed by atoms with van der Waals surface area (Å²) >= 11 is 13.7. The first-order chi connectivity index (χ1) is 63.3. The van der Waals surface area contributed by atoms with Gasteiger partial charge in [0.05, 0.1) is 60.3 Å². The molecule has 0 aliphatic carbocycles. The highest BCUT2D eigenvalue weighted by molar-refractivity contribution is 7.70. The number of pyridine rings is 4. The Morgan fingerprint density at radius 2 is 0.776 bits per heavy atom. The summed E-state index contributed by atoms with van der Waals surface area (Å²) in [6.45, 7) is 51.2. The lowest BCUT2D eigenvalue weighted by Crippen LogP contribution is -2.58. The van der Waals surface area contributed by atoms with E-state index in [0.717, 1.165) is 44.8 Å². The Morgan fingerprint density at radius 3 is 1.13 bits per heavy atom. The highest BCUT2D eigenvalue weighted by Gasteiger charge is 2.40. The number of hydrogen-bond acceptors (Lipinski definition) is 18. The van der Waals surface area contributed by atoms with E-state index in [4.69, 9.17) is 43.1 Å². The molecule has 15 rings (SSSR count). The first kappa shape index (κ1) is 99.1. The molecule has 134 heavy (non-hydrogen) atoms. The van der Waals surface area contributed by atoms with Crippen LogP contribution in [0.25, 0.3) is 83.9 Å². The van der Waals surface area contributed by atoms with E-state index in [0.29, 0.717) is 102 Å². The van der Waals surface area contributed by atoms with Crippen LogP contribution in [-0.4, -0.2) is 189 Å². The summed E-state index contributed by atoms with van der Waals surface area (Å²) in [5, 5.41) is 2.52. The van der Waals surface area contributed by atoms with E-state index in [9.17, 15) is 37.7 Å². The van der Waals surface area contributed by atoms with E-state index in [1.165, 1.54) is 68.3 Å². The van der Waals surface area contributed by atoms with Gasteiger partial charge in [-0.2, -0.15) is 15.0 Å². The molecule has 3 amide bonds. The van der Waals surface area contributed by atoms with Gasteiger partial charge < -0.3 is 38.9 Å². The van der Waals surface area contributed by atoms with Gasteiger partial charge >= 0.3 is 17.1 Å². The summed E-state index contributed by atoms with van der Waals surface area (Å²) in [7, 11) is 1.38. The number of aryl methyl sites for hydroxylation is 3. The van der Waals surface area contributed by atoms with Crippen LogP contribution in [0.5, 0.6) is 0 Å². The third-order valence-corrected chi connectivity index (χ3v) is 27.1. The summed E-state index contributed by atoms with van der Waals surface area (Å²) < 4.78 is 78.7. The fourth-order valence-electron chi connectivity index (χ4n) is 18.3. The number of benzene rings is 5. The Kier molecular flexibility index (Phi) is 29.6. The van der Waals surface area contributed by atoms with Crippen LogP contribution in [-0.2, 0) is 25.5 Å². The third kappa shape index (κ3) is 19.7. The van der Waals surface area contributed by atoms with Crippen molar-refractivity contribution < 1.29 is 36.5 Å². The highest BCUT2D eigenvalue weighted by Crippen LogP contribution is 2.44. The zero-order chi connectivity index (χ0) is 97.7. The van der Waals surface area contributed by atoms with Gasteiger partial charge in [0.2, 0.25) is 17.7 Å². The summed E-state index contributed by atoms with van der Waals surface area (Å²) in [4.78, 5) is 127. The smallest absolute Gasteiger partial charge is 0.349 e. The van der Waals surface area contributed by atoms with Crippen molar-refractivity contribution in [1.82, 2.24) is 68.2 Å². The maximum absolute atomic E-state index is 16.0. The lowest BCUT2D eigenvalue weighted by atomic mass is 9.94. The van der Waals surface area contributed by atoms with Crippen molar-refractivity contribution in [2.75, 3.05) is 81.4 Å². The van der Waals surface area contributed by atoms with E-state index < -0.39 is 47.5 Å². The minimum absolute atomic E-state index is 0.00469. The number of anilines is 3. The number of halogens is 6. The van der Waals surface area contributed by atoms with Gasteiger partial charge in [0, 0.05) is 110 Å². The standard InChI is InChI=1S/C35H40F2N6O2.C34H38ClFN6O2.C34H38ClFN5O3P/c1-9-30(44)41-17-23(6)42(18-22(41)5)33-27-16-29(37)31(25-12-10-11-13-28(25)36)38-34(27)43(35(45)39-33)32-21(4)14-24(19-40(7)8)15-26(32)20(2)3;1-9-28(43)40-16-22(8)41(17-21(40)7)32-24-15-25(35)30(23-12-10-11-13-26(23)36)38-33(24)42(34(44)39-32)31-20(6)14-27(18(2)3)37-29(31)19(4)5;1-9-29(42)39-17-22(6)40(18-21(39)5)32-26-16-27(35)30(24-12-10-11-13-28(24)36)37-33(26)41(34(43)38-32)31-20(4)14-23(45(7,8)44)15-25(31)19(2)3/h9-16,20,22-23H,1,17-19H2,2-8H3;9-15,18-19,21-22H,1,16-17H2,2-8H3;9-16,19,21-22H,1,17-18H2,2-8H3. The Labute approximate surface area is 789 Å². The Balaban J connectivity index is 0.000000170. The molecule has 0 bridgehead atoms. The molecule has 0 radical (unpaired) electrons. The van der Waals surface area contributed by atoms with Crippen LogP contribution < -0.4 is 37.1 Å². The SMILES string of the molecule is C=CC(=O)N1CC(C)N(c2nc(=O)n(-c3c(C)cc(C(C)C)nc3C(C)C)c3nc(-c4ccccc4F)c(Cl)cc23)CC1C.C=CC(=O)N1CC(C)N(c2nc(=O)n(-c3c(C)cc(CN(C)C)cc3C(C)C)c3nc(-c4ccccc4F)c(F)cc23)CC1C.C=CC(=O)N1CC(C)N(c2nc(=O)n(-c3c(C)cc(P(C)(C)=O)cc3C(C)C)c3nc(-c4ccccc4F)c(Cl)cc23)CC1C. The van der Waals surface area contributed by atoms with E-state index in [1.807, 2.05) is 143 Å². The number of amides is 3. The average Bonchev–Trinajstić information content (AvgIpc) is 0.736. The molecule has 0 N–H and O–H groups in total. The fraction of sp³-hybridized carbons (Fsp3) is 0.369. The second-order valence-electron chi connectivity index (χ2n) is 37.2. The normalized spacial score (nSPS) is 17.2. The number of carbonyl (C=O) groups excluding carboxylic acids is 3. The third-order valence-electron chi connectivity index (χ3n) is 25.0. The molecular formula is C103H116Cl2F4N17O7P. The van der Waals surface area contributed by atoms with Gasteiger partial charge in [0.25, 0.3) is 0 Å². The molecular weight excluding hydrogens is 1770 g/mol. The topological polar surface area (TPSA) is 247 Å². The van der Waals surface area contributed by atoms with E-state index in [-0.39, 0.29) is 139 Å². The number of fused-ring (bicyclic) bond motifs is 3. The summed E-state index contributed by atoms with van der Waals surface area (Å²) in [6, 6.07) is 31.7. The molecule has 6 atom stereocenters. The lowest BCUT2D eigenvalue weighted by molar-refractivity contribution is -0.129. The first-order valence-corrected chi connectivity index (χ1v) is 48.4. The van der Waals surface area contributed by atoms with Crippen LogP contribution in [0.1, 0.15) is 165 Å². The van der Waals surface area contributed by atoms with Crippen molar-refractivity contribution >= 4 is 104 Å². The maximum Gasteiger partial charge on any atom is 0.355 e. The lowest BCUT2D eigenvalue weighted by Gasteiger charge is -2.44. The summed E-state index contributed by atoms with van der Waals surface area (Å²) in [5.74, 6) is -1.58. The van der Waals surface area contributed by atoms with Crippen LogP contribution in [0.15, 0.2) is 174 Å². The quantitative estimate of drug-likeness (QED) is 0.0415. The second kappa shape index (κ2) is 40.1. The largest absolute Gasteiger partial charge is 0.355 e. The van der Waals surface area contributed by atoms with Gasteiger partial charge in [-0.3, -0.25) is 19.4 Å². The minimum Gasteiger partial charge on any atom is -0.349 e. The molecule has 3 fully saturated rings. The van der Waals surface area contributed by atoms with Crippen molar-refractivity contribution in [3.63, 3.8) is 0 Å². The van der Waals surface area contributed by atoms with Crippen LogP contribution in [0.2, 0.25) is 10.0 Å². The molecule has 12 aromatic rings. The zero-order valence-corrected chi connectivity index (χ0v) is 82.2. The number of hydrogen-bond donors (Lipinski definition) is 0. The molecule has 31 heteroatoms. The van der Waals surface area contributed by atoms with Crippen LogP contribution in [0.4, 0.5) is 35.0 Å². The van der Waals surface area contributed by atoms with E-state index in [2.05, 4.69) is 73.3 Å². The molecule has 3 aliphatic heterocycles. The monoisotopic (exact) mass is 1880 g/mol. The van der Waals surface area contributed by atoms with Crippen molar-refractivity contribution in [2.24, 2.45) is 0 Å². The van der Waals surface area contributed by atoms with Gasteiger partial charge in [-0.15, -0.1) is 0 Å². The number of aromatic nitrogens is 10. The Morgan fingerprint density at radius 1 is 0.433 bits per heavy atom. The zero-order valence-electron chi connectivity index (χ0n) is 79.8. The molecule has 3 saturated heterocycles. The van der Waals surface area contributed by atoms with Crippen LogP contribution >= 0.6 is 30.3 Å². The molecule has 0 saturated carbocycles. The molecule has 7 aromatic heterocycles. The van der Waals surface area contributed by atoms with Crippen molar-refractivity contribution in [2.45, 2.75) is 184 Å². The molecule has 5 aromatic carbocycles. The van der Waals surface area contributed by atoms with Crippen LogP contribution in [0, 0.1) is 44.0 Å². The number of piperazine rings is 3. The average molecular weight is 1880 g/mol. The molecule has 10 heterocycles. The predicted molar refractivity (Wildman–Crippen MR) is 531 cm³/mol. The highest BCUT2D eigenvalue weighted by atomic mass is 35.5. The van der Waals surface area contributed by atoms with Gasteiger partial charge in [0.15, 0.2) is 16.9 Å². The second-order valence-corrected chi connectivity index (χ2v) is 41.2. The van der Waals surface area contributed by atoms with Crippen molar-refractivity contribution in [1.29, 1.82) is 0 Å². The Hall–Kier alpha value is -12.4. The Bertz CT molecular complexity index is 6930. The van der Waals surface area contributed by atoms with Gasteiger partial charge in [0.1, 0.15) is 53.6 Å². The van der Waals surface area contributed by atoms with E-state index in [1.54, 1.807) is 82.6 Å². The number of carbonyl (C=O) groups is 3. The van der Waals surface area contributed by atoms with Gasteiger partial charge in [-0.25, -0.2) is 60.6 Å². The minimum atomic E-state index is -2.62. The number of rotatable bonds is 19. The van der Waals surface area contributed by atoms with Crippen molar-refractivity contribution in [3.8, 4) is 50.8 Å². The molecule has 6 unspecified atom stereocenters.